The molecule has 0 aliphatic carbocycles. The SMILES string of the molecule is CCN1C(=O)C(CC(=O)Nc2ccc(/C=C/c3ccccc3)cc2)N(Cc2c(=O)o[nH][n+]2C)C1=S. The minimum Gasteiger partial charge on any atom is -0.326 e. The number of amides is 2. The van der Waals surface area contributed by atoms with Crippen LogP contribution in [0, 0.1) is 0 Å². The Morgan fingerprint density at radius 2 is 1.77 bits per heavy atom. The number of likely N-dealkylation sites (N-methyl/N-ethyl adjacent to an activating group) is 1. The molecule has 2 aromatic carbocycles. The lowest BCUT2D eigenvalue weighted by atomic mass is 10.1. The van der Waals surface area contributed by atoms with E-state index in [0.717, 1.165) is 11.1 Å². The first-order valence-electron chi connectivity index (χ1n) is 11.2. The molecule has 1 aliphatic heterocycles. The van der Waals surface area contributed by atoms with E-state index in [-0.39, 0.29) is 29.9 Å². The maximum atomic E-state index is 13.0. The Morgan fingerprint density at radius 3 is 2.37 bits per heavy atom. The molecule has 3 aromatic rings. The zero-order valence-electron chi connectivity index (χ0n) is 19.4. The maximum Gasteiger partial charge on any atom is 0.431 e. The normalized spacial score (nSPS) is 15.9. The second-order valence-corrected chi connectivity index (χ2v) is 8.48. The average molecular weight is 493 g/mol. The summed E-state index contributed by atoms with van der Waals surface area (Å²) in [5.74, 6) is -0.594. The molecule has 1 aromatic heterocycles. The van der Waals surface area contributed by atoms with Crippen LogP contribution in [-0.4, -0.2) is 44.6 Å². The fourth-order valence-corrected chi connectivity index (χ4v) is 4.29. The molecule has 1 atom stereocenters. The van der Waals surface area contributed by atoms with Crippen molar-refractivity contribution < 1.29 is 18.8 Å². The molecule has 0 bridgehead atoms. The summed E-state index contributed by atoms with van der Waals surface area (Å²) in [6.45, 7) is 2.23. The lowest BCUT2D eigenvalue weighted by Crippen LogP contribution is -2.44. The molecular formula is C25H26N5O4S+. The van der Waals surface area contributed by atoms with Gasteiger partial charge < -0.3 is 10.2 Å². The van der Waals surface area contributed by atoms with Crippen molar-refractivity contribution >= 4 is 47.0 Å². The van der Waals surface area contributed by atoms with E-state index in [1.807, 2.05) is 73.7 Å². The molecule has 180 valence electrons. The molecule has 1 saturated heterocycles. The lowest BCUT2D eigenvalue weighted by Gasteiger charge is -2.21. The number of aryl methyl sites for hydroxylation is 1. The average Bonchev–Trinajstić information content (AvgIpc) is 3.29. The van der Waals surface area contributed by atoms with E-state index >= 15 is 0 Å². The maximum absolute atomic E-state index is 13.0. The fourth-order valence-electron chi connectivity index (χ4n) is 3.88. The molecule has 0 saturated carbocycles. The van der Waals surface area contributed by atoms with Crippen molar-refractivity contribution in [3.8, 4) is 0 Å². The van der Waals surface area contributed by atoms with Crippen molar-refractivity contribution in [2.24, 2.45) is 7.05 Å². The number of thiocarbonyl (C=S) groups is 1. The molecule has 10 heteroatoms. The third-order valence-electron chi connectivity index (χ3n) is 5.80. The van der Waals surface area contributed by atoms with Gasteiger partial charge in [0.2, 0.25) is 5.91 Å². The minimum atomic E-state index is -0.815. The van der Waals surface area contributed by atoms with Gasteiger partial charge in [-0.15, -0.1) is 0 Å². The first-order chi connectivity index (χ1) is 16.9. The molecule has 0 spiro atoms. The molecular weight excluding hydrogens is 466 g/mol. The summed E-state index contributed by atoms with van der Waals surface area (Å²) in [4.78, 5) is 40.9. The van der Waals surface area contributed by atoms with Gasteiger partial charge in [0.15, 0.2) is 12.2 Å². The smallest absolute Gasteiger partial charge is 0.326 e. The van der Waals surface area contributed by atoms with Gasteiger partial charge in [0.05, 0.1) is 6.42 Å². The van der Waals surface area contributed by atoms with Crippen molar-refractivity contribution in [2.45, 2.75) is 25.9 Å². The molecule has 4 rings (SSSR count). The number of carbonyl (C=O) groups is 2. The molecule has 1 unspecified atom stereocenters. The number of hydrogen-bond donors (Lipinski definition) is 2. The number of carbonyl (C=O) groups excluding carboxylic acids is 2. The number of nitrogens with zero attached hydrogens (tertiary/aromatic N) is 3. The topological polar surface area (TPSA) is 103 Å². The summed E-state index contributed by atoms with van der Waals surface area (Å²) in [5, 5.41) is 5.58. The van der Waals surface area contributed by atoms with Crippen LogP contribution in [0.25, 0.3) is 12.2 Å². The highest BCUT2D eigenvalue weighted by molar-refractivity contribution is 7.80. The van der Waals surface area contributed by atoms with Crippen LogP contribution in [-0.2, 0) is 23.2 Å². The van der Waals surface area contributed by atoms with Crippen LogP contribution in [0.2, 0.25) is 0 Å². The second-order valence-electron chi connectivity index (χ2n) is 8.11. The predicted molar refractivity (Wildman–Crippen MR) is 135 cm³/mol. The van der Waals surface area contributed by atoms with Gasteiger partial charge in [0, 0.05) is 12.2 Å². The molecule has 1 aliphatic rings. The molecule has 2 heterocycles. The van der Waals surface area contributed by atoms with Crippen molar-refractivity contribution in [1.82, 2.24) is 15.1 Å². The summed E-state index contributed by atoms with van der Waals surface area (Å²) < 4.78 is 6.22. The molecule has 1 fully saturated rings. The van der Waals surface area contributed by atoms with Crippen LogP contribution in [0.5, 0.6) is 0 Å². The molecule has 9 nitrogen and oxygen atoms in total. The van der Waals surface area contributed by atoms with E-state index in [2.05, 4.69) is 10.6 Å². The van der Waals surface area contributed by atoms with E-state index in [4.69, 9.17) is 16.7 Å². The Bertz CT molecular complexity index is 1310. The van der Waals surface area contributed by atoms with Crippen molar-refractivity contribution in [1.29, 1.82) is 0 Å². The molecule has 2 N–H and O–H groups in total. The van der Waals surface area contributed by atoms with Gasteiger partial charge in [-0.3, -0.25) is 19.0 Å². The number of anilines is 1. The summed E-state index contributed by atoms with van der Waals surface area (Å²) in [5.41, 5.74) is 2.45. The van der Waals surface area contributed by atoms with E-state index < -0.39 is 11.7 Å². The second kappa shape index (κ2) is 10.5. The Morgan fingerprint density at radius 1 is 1.11 bits per heavy atom. The number of benzene rings is 2. The Labute approximate surface area is 207 Å². The summed E-state index contributed by atoms with van der Waals surface area (Å²) in [7, 11) is 1.62. The lowest BCUT2D eigenvalue weighted by molar-refractivity contribution is -0.746. The fraction of sp³-hybridized carbons (Fsp3) is 0.240. The van der Waals surface area contributed by atoms with E-state index in [0.29, 0.717) is 17.9 Å². The third kappa shape index (κ3) is 5.38. The number of nitrogens with one attached hydrogen (secondary N) is 2. The monoisotopic (exact) mass is 492 g/mol. The number of aromatic amines is 1. The van der Waals surface area contributed by atoms with Gasteiger partial charge in [-0.25, -0.2) is 4.79 Å². The molecule has 2 amide bonds. The highest BCUT2D eigenvalue weighted by Crippen LogP contribution is 2.23. The Balaban J connectivity index is 1.43. The van der Waals surface area contributed by atoms with Gasteiger partial charge in [-0.05, 0) is 47.7 Å². The van der Waals surface area contributed by atoms with E-state index in [9.17, 15) is 14.4 Å². The van der Waals surface area contributed by atoms with E-state index in [1.54, 1.807) is 11.9 Å². The van der Waals surface area contributed by atoms with Gasteiger partial charge in [-0.2, -0.15) is 0 Å². The van der Waals surface area contributed by atoms with Crippen LogP contribution in [0.15, 0.2) is 63.9 Å². The van der Waals surface area contributed by atoms with Crippen LogP contribution in [0.3, 0.4) is 0 Å². The number of aromatic nitrogens is 2. The standard InChI is InChI=1S/C25H25N5O4S/c1-3-29-23(32)20(30(25(29)35)16-21-24(33)34-27-28(21)2)15-22(31)26-19-13-11-18(12-14-19)10-9-17-7-5-4-6-8-17/h4-14,20H,3,15-16H2,1-2H3,(H-,26,27,31,33)/p+1/b10-9+. The quantitative estimate of drug-likeness (QED) is 0.284. The largest absolute Gasteiger partial charge is 0.431 e. The van der Waals surface area contributed by atoms with Crippen LogP contribution >= 0.6 is 12.2 Å². The van der Waals surface area contributed by atoms with Crippen molar-refractivity contribution in [3.05, 3.63) is 81.8 Å². The third-order valence-corrected chi connectivity index (χ3v) is 6.25. The Hall–Kier alpha value is -4.05. The van der Waals surface area contributed by atoms with Crippen LogP contribution in [0.4, 0.5) is 5.69 Å². The van der Waals surface area contributed by atoms with Gasteiger partial charge >= 0.3 is 11.3 Å². The Kier molecular flexibility index (Phi) is 7.21. The van der Waals surface area contributed by atoms with Crippen LogP contribution < -0.4 is 15.6 Å². The van der Waals surface area contributed by atoms with Gasteiger partial charge in [0.1, 0.15) is 12.6 Å². The zero-order chi connectivity index (χ0) is 24.9. The molecule has 35 heavy (non-hydrogen) atoms. The highest BCUT2D eigenvalue weighted by atomic mass is 32.1. The highest BCUT2D eigenvalue weighted by Gasteiger charge is 2.44. The number of H-pyrrole nitrogens is 1. The van der Waals surface area contributed by atoms with Gasteiger partial charge in [0.25, 0.3) is 5.91 Å². The van der Waals surface area contributed by atoms with Crippen LogP contribution in [0.1, 0.15) is 30.2 Å². The summed E-state index contributed by atoms with van der Waals surface area (Å²) in [6.07, 6.45) is 3.90. The van der Waals surface area contributed by atoms with Gasteiger partial charge in [-0.1, -0.05) is 59.3 Å². The predicted octanol–water partition coefficient (Wildman–Crippen LogP) is 2.31. The minimum absolute atomic E-state index is 0.0454. The van der Waals surface area contributed by atoms with Crippen molar-refractivity contribution in [3.63, 3.8) is 0 Å². The zero-order valence-corrected chi connectivity index (χ0v) is 20.2. The van der Waals surface area contributed by atoms with E-state index in [1.165, 1.54) is 9.58 Å². The summed E-state index contributed by atoms with van der Waals surface area (Å²) >= 11 is 5.47. The molecule has 0 radical (unpaired) electrons. The first-order valence-corrected chi connectivity index (χ1v) is 11.6. The number of hydrogen-bond acceptors (Lipinski definition) is 5. The number of rotatable bonds is 8. The first kappa shape index (κ1) is 24.1. The summed E-state index contributed by atoms with van der Waals surface area (Å²) in [6, 6.07) is 16.6. The van der Waals surface area contributed by atoms with Crippen molar-refractivity contribution in [2.75, 3.05) is 11.9 Å².